The van der Waals surface area contributed by atoms with Crippen molar-refractivity contribution in [3.05, 3.63) is 90.9 Å². The van der Waals surface area contributed by atoms with Gasteiger partial charge in [-0.25, -0.2) is 9.97 Å². The van der Waals surface area contributed by atoms with Crippen molar-refractivity contribution in [3.8, 4) is 22.6 Å². The van der Waals surface area contributed by atoms with E-state index in [0.717, 1.165) is 64.0 Å². The number of likely N-dealkylation sites (tertiary alicyclic amines) is 1. The third kappa shape index (κ3) is 4.68. The second kappa shape index (κ2) is 10.6. The van der Waals surface area contributed by atoms with Crippen LogP contribution in [0.1, 0.15) is 31.7 Å². The smallest absolute Gasteiger partial charge is 0.178 e. The summed E-state index contributed by atoms with van der Waals surface area (Å²) in [7, 11) is 0. The van der Waals surface area contributed by atoms with Crippen LogP contribution in [0.3, 0.4) is 0 Å². The predicted molar refractivity (Wildman–Crippen MR) is 154 cm³/mol. The minimum Gasteiger partial charge on any atom is -0.335 e. The quantitative estimate of drug-likeness (QED) is 0.247. The molecule has 5 heterocycles. The lowest BCUT2D eigenvalue weighted by atomic mass is 10.00. The molecule has 190 valence electrons. The van der Waals surface area contributed by atoms with Crippen molar-refractivity contribution in [3.63, 3.8) is 0 Å². The summed E-state index contributed by atoms with van der Waals surface area (Å²) >= 11 is 0. The number of hydrogen-bond donors (Lipinski definition) is 2. The summed E-state index contributed by atoms with van der Waals surface area (Å²) in [4.78, 5) is 19.5. The Labute approximate surface area is 222 Å². The topological polar surface area (TPSA) is 86.4 Å². The Hall–Kier alpha value is -4.36. The van der Waals surface area contributed by atoms with Crippen molar-refractivity contribution in [2.75, 3.05) is 19.6 Å². The van der Waals surface area contributed by atoms with E-state index in [1.807, 2.05) is 24.3 Å². The van der Waals surface area contributed by atoms with Crippen LogP contribution in [0.2, 0.25) is 0 Å². The second-order valence-corrected chi connectivity index (χ2v) is 9.72. The molecule has 0 saturated carbocycles. The Balaban J connectivity index is 1.36. The predicted octanol–water partition coefficient (Wildman–Crippen LogP) is 6.56. The number of pyridine rings is 2. The minimum atomic E-state index is 0.659. The number of allylic oxidation sites excluding steroid dienone is 3. The molecule has 1 aliphatic heterocycles. The first-order valence-electron chi connectivity index (χ1n) is 13.2. The van der Waals surface area contributed by atoms with Gasteiger partial charge in [0.05, 0.1) is 11.0 Å². The van der Waals surface area contributed by atoms with E-state index < -0.39 is 0 Å². The first kappa shape index (κ1) is 24.0. The number of H-pyrrole nitrogens is 2. The number of rotatable bonds is 7. The standard InChI is InChI=1S/C31H31N7/c1-3-21(20-38-16-6-5-7-17-38)18-22(4-2)24-8-9-27-26(19-24)29(37-36-27)31-34-28-25(12-15-33-30(28)35-31)23-10-13-32-14-11-23/h3-4,8-15,18-19H,1,5-7,16-17,20H2,2H3,(H,36,37)(H,33,34,35)/b21-18+,22-4+. The lowest BCUT2D eigenvalue weighted by Gasteiger charge is -2.26. The molecule has 1 aliphatic rings. The zero-order valence-electron chi connectivity index (χ0n) is 21.6. The SMILES string of the molecule is C=C/C(=C\C(=C/C)c1ccc2[nH]nc(-c3nc4nccc(-c5ccncc5)c4[nH]3)c2c1)CN1CCCCC1. The summed E-state index contributed by atoms with van der Waals surface area (Å²) in [6.07, 6.45) is 15.7. The summed E-state index contributed by atoms with van der Waals surface area (Å²) in [6.45, 7) is 9.44. The highest BCUT2D eigenvalue weighted by molar-refractivity contribution is 5.97. The molecule has 0 radical (unpaired) electrons. The normalized spacial score (nSPS) is 15.4. The average Bonchev–Trinajstić information content (AvgIpc) is 3.60. The summed E-state index contributed by atoms with van der Waals surface area (Å²) in [5.74, 6) is 0.687. The minimum absolute atomic E-state index is 0.659. The molecule has 0 spiro atoms. The molecule has 4 aromatic heterocycles. The number of nitrogens with zero attached hydrogens (tertiary/aromatic N) is 5. The zero-order valence-corrected chi connectivity index (χ0v) is 21.6. The number of piperidine rings is 1. The van der Waals surface area contributed by atoms with E-state index in [4.69, 9.17) is 4.98 Å². The van der Waals surface area contributed by atoms with Gasteiger partial charge in [-0.3, -0.25) is 15.0 Å². The molecular weight excluding hydrogens is 470 g/mol. The van der Waals surface area contributed by atoms with Gasteiger partial charge in [-0.15, -0.1) is 0 Å². The highest BCUT2D eigenvalue weighted by atomic mass is 15.1. The number of nitrogens with one attached hydrogen (secondary N) is 2. The average molecular weight is 502 g/mol. The Morgan fingerprint density at radius 3 is 2.68 bits per heavy atom. The van der Waals surface area contributed by atoms with Crippen molar-refractivity contribution >= 4 is 27.6 Å². The molecule has 1 fully saturated rings. The largest absolute Gasteiger partial charge is 0.335 e. The van der Waals surface area contributed by atoms with Crippen LogP contribution >= 0.6 is 0 Å². The zero-order chi connectivity index (χ0) is 25.9. The Morgan fingerprint density at radius 2 is 1.89 bits per heavy atom. The fourth-order valence-electron chi connectivity index (χ4n) is 5.25. The van der Waals surface area contributed by atoms with Gasteiger partial charge in [0, 0.05) is 36.1 Å². The van der Waals surface area contributed by atoms with Crippen LogP contribution in [-0.2, 0) is 0 Å². The highest BCUT2D eigenvalue weighted by Crippen LogP contribution is 2.32. The first-order chi connectivity index (χ1) is 18.7. The summed E-state index contributed by atoms with van der Waals surface area (Å²) in [5.41, 5.74) is 8.90. The van der Waals surface area contributed by atoms with Crippen LogP contribution in [-0.4, -0.2) is 54.7 Å². The highest BCUT2D eigenvalue weighted by Gasteiger charge is 2.17. The van der Waals surface area contributed by atoms with Gasteiger partial charge in [-0.2, -0.15) is 5.10 Å². The third-order valence-electron chi connectivity index (χ3n) is 7.27. The molecule has 0 amide bonds. The van der Waals surface area contributed by atoms with Gasteiger partial charge in [-0.05, 0) is 85.5 Å². The van der Waals surface area contributed by atoms with E-state index in [2.05, 4.69) is 73.9 Å². The molecule has 38 heavy (non-hydrogen) atoms. The summed E-state index contributed by atoms with van der Waals surface area (Å²) in [6, 6.07) is 12.4. The van der Waals surface area contributed by atoms with Gasteiger partial charge >= 0.3 is 0 Å². The number of hydrogen-bond acceptors (Lipinski definition) is 5. The maximum atomic E-state index is 4.80. The van der Waals surface area contributed by atoms with Crippen LogP contribution in [0.15, 0.2) is 85.4 Å². The van der Waals surface area contributed by atoms with Gasteiger partial charge in [-0.1, -0.05) is 37.3 Å². The molecular formula is C31H31N7. The molecule has 6 rings (SSSR count). The summed E-state index contributed by atoms with van der Waals surface area (Å²) < 4.78 is 0. The number of aromatic amines is 2. The van der Waals surface area contributed by atoms with Crippen LogP contribution in [0.4, 0.5) is 0 Å². The van der Waals surface area contributed by atoms with Crippen molar-refractivity contribution in [1.82, 2.24) is 35.0 Å². The molecule has 0 unspecified atom stereocenters. The monoisotopic (exact) mass is 501 g/mol. The lowest BCUT2D eigenvalue weighted by molar-refractivity contribution is 0.248. The van der Waals surface area contributed by atoms with Gasteiger partial charge in [0.1, 0.15) is 5.69 Å². The van der Waals surface area contributed by atoms with E-state index in [9.17, 15) is 0 Å². The molecule has 0 aliphatic carbocycles. The van der Waals surface area contributed by atoms with E-state index in [1.165, 1.54) is 24.8 Å². The van der Waals surface area contributed by atoms with E-state index >= 15 is 0 Å². The Kier molecular flexibility index (Phi) is 6.67. The Morgan fingerprint density at radius 1 is 1.05 bits per heavy atom. The van der Waals surface area contributed by atoms with Gasteiger partial charge in [0.25, 0.3) is 0 Å². The molecule has 5 aromatic rings. The number of benzene rings is 1. The van der Waals surface area contributed by atoms with Gasteiger partial charge in [0.2, 0.25) is 0 Å². The van der Waals surface area contributed by atoms with E-state index in [-0.39, 0.29) is 0 Å². The van der Waals surface area contributed by atoms with Crippen molar-refractivity contribution < 1.29 is 0 Å². The molecule has 0 atom stereocenters. The fourth-order valence-corrected chi connectivity index (χ4v) is 5.25. The van der Waals surface area contributed by atoms with Crippen LogP contribution < -0.4 is 0 Å². The second-order valence-electron chi connectivity index (χ2n) is 9.72. The van der Waals surface area contributed by atoms with Crippen LogP contribution in [0.25, 0.3) is 50.3 Å². The van der Waals surface area contributed by atoms with Gasteiger partial charge in [0.15, 0.2) is 11.5 Å². The number of aromatic nitrogens is 6. The van der Waals surface area contributed by atoms with E-state index in [0.29, 0.717) is 11.5 Å². The van der Waals surface area contributed by atoms with Crippen LogP contribution in [0.5, 0.6) is 0 Å². The Bertz CT molecular complexity index is 1650. The van der Waals surface area contributed by atoms with Crippen LogP contribution in [0, 0.1) is 0 Å². The van der Waals surface area contributed by atoms with Crippen molar-refractivity contribution in [2.24, 2.45) is 0 Å². The van der Waals surface area contributed by atoms with Gasteiger partial charge < -0.3 is 4.98 Å². The first-order valence-corrected chi connectivity index (χ1v) is 13.2. The molecule has 7 heteroatoms. The molecule has 1 saturated heterocycles. The number of fused-ring (bicyclic) bond motifs is 2. The third-order valence-corrected chi connectivity index (χ3v) is 7.27. The van der Waals surface area contributed by atoms with Crippen molar-refractivity contribution in [1.29, 1.82) is 0 Å². The van der Waals surface area contributed by atoms with E-state index in [1.54, 1.807) is 18.6 Å². The maximum Gasteiger partial charge on any atom is 0.178 e. The molecule has 2 N–H and O–H groups in total. The van der Waals surface area contributed by atoms with Crippen molar-refractivity contribution in [2.45, 2.75) is 26.2 Å². The lowest BCUT2D eigenvalue weighted by Crippen LogP contribution is -2.31. The summed E-state index contributed by atoms with van der Waals surface area (Å²) in [5, 5.41) is 8.81. The molecule has 7 nitrogen and oxygen atoms in total. The molecule has 0 bridgehead atoms. The number of imidazole rings is 1. The molecule has 1 aromatic carbocycles. The fraction of sp³-hybridized carbons (Fsp3) is 0.226. The maximum absolute atomic E-state index is 4.80.